The summed E-state index contributed by atoms with van der Waals surface area (Å²) in [7, 11) is 0. The zero-order valence-corrected chi connectivity index (χ0v) is 14.1. The van der Waals surface area contributed by atoms with Gasteiger partial charge in [-0.05, 0) is 48.9 Å². The first kappa shape index (κ1) is 17.0. The molecular formula is C19H21N3O3. The van der Waals surface area contributed by atoms with Crippen molar-refractivity contribution in [1.29, 1.82) is 0 Å². The highest BCUT2D eigenvalue weighted by Crippen LogP contribution is 2.17. The Labute approximate surface area is 146 Å². The molecule has 6 heteroatoms. The fourth-order valence-corrected chi connectivity index (χ4v) is 2.73. The van der Waals surface area contributed by atoms with Crippen molar-refractivity contribution < 1.29 is 14.3 Å². The Bertz CT molecular complexity index is 781. The molecule has 1 aliphatic heterocycles. The fourth-order valence-electron chi connectivity index (χ4n) is 2.73. The van der Waals surface area contributed by atoms with Crippen LogP contribution in [0.1, 0.15) is 26.3 Å². The fraction of sp³-hybridized carbons (Fsp3) is 0.263. The number of nitrogens with two attached hydrogens (primary N) is 1. The third-order valence-corrected chi connectivity index (χ3v) is 4.19. The largest absolute Gasteiger partial charge is 0.399 e. The SMILES string of the molecule is Cc1ccc(N)cc1C(=O)Nc1ccc(C(=O)N2CCOCC2)cc1. The number of nitrogens with zero attached hydrogens (tertiary/aromatic N) is 1. The number of morpholine rings is 1. The number of nitrogens with one attached hydrogen (secondary N) is 1. The lowest BCUT2D eigenvalue weighted by Gasteiger charge is -2.26. The smallest absolute Gasteiger partial charge is 0.256 e. The molecule has 1 heterocycles. The van der Waals surface area contributed by atoms with E-state index in [4.69, 9.17) is 10.5 Å². The quantitative estimate of drug-likeness (QED) is 0.841. The van der Waals surface area contributed by atoms with E-state index in [1.807, 2.05) is 13.0 Å². The highest BCUT2D eigenvalue weighted by Gasteiger charge is 2.18. The van der Waals surface area contributed by atoms with Gasteiger partial charge in [0.2, 0.25) is 0 Å². The number of ether oxygens (including phenoxy) is 1. The van der Waals surface area contributed by atoms with E-state index in [2.05, 4.69) is 5.32 Å². The first-order valence-corrected chi connectivity index (χ1v) is 8.19. The van der Waals surface area contributed by atoms with Crippen LogP contribution >= 0.6 is 0 Å². The molecule has 0 bridgehead atoms. The van der Waals surface area contributed by atoms with Gasteiger partial charge in [-0.1, -0.05) is 6.07 Å². The van der Waals surface area contributed by atoms with Gasteiger partial charge in [0.25, 0.3) is 11.8 Å². The van der Waals surface area contributed by atoms with Crippen molar-refractivity contribution in [3.8, 4) is 0 Å². The van der Waals surface area contributed by atoms with E-state index in [1.165, 1.54) is 0 Å². The standard InChI is InChI=1S/C19H21N3O3/c1-13-2-5-15(20)12-17(13)18(23)21-16-6-3-14(4-7-16)19(24)22-8-10-25-11-9-22/h2-7,12H,8-11,20H2,1H3,(H,21,23). The van der Waals surface area contributed by atoms with Crippen LogP contribution in [0, 0.1) is 6.92 Å². The molecule has 2 aromatic rings. The van der Waals surface area contributed by atoms with Crippen molar-refractivity contribution in [1.82, 2.24) is 4.90 Å². The van der Waals surface area contributed by atoms with Crippen molar-refractivity contribution in [3.05, 3.63) is 59.2 Å². The van der Waals surface area contributed by atoms with Crippen molar-refractivity contribution in [2.75, 3.05) is 37.4 Å². The summed E-state index contributed by atoms with van der Waals surface area (Å²) in [4.78, 5) is 26.6. The number of amides is 2. The molecule has 2 amide bonds. The molecule has 0 radical (unpaired) electrons. The molecular weight excluding hydrogens is 318 g/mol. The molecule has 0 aliphatic carbocycles. The highest BCUT2D eigenvalue weighted by atomic mass is 16.5. The molecule has 130 valence electrons. The van der Waals surface area contributed by atoms with E-state index in [0.29, 0.717) is 48.8 Å². The minimum absolute atomic E-state index is 0.0205. The van der Waals surface area contributed by atoms with Crippen LogP contribution in [0.2, 0.25) is 0 Å². The number of benzene rings is 2. The van der Waals surface area contributed by atoms with Crippen LogP contribution in [0.4, 0.5) is 11.4 Å². The second-order valence-electron chi connectivity index (χ2n) is 6.01. The van der Waals surface area contributed by atoms with Gasteiger partial charge in [0.15, 0.2) is 0 Å². The van der Waals surface area contributed by atoms with Gasteiger partial charge in [0.1, 0.15) is 0 Å². The maximum Gasteiger partial charge on any atom is 0.256 e. The lowest BCUT2D eigenvalue weighted by Crippen LogP contribution is -2.40. The molecule has 0 spiro atoms. The molecule has 1 aliphatic rings. The normalized spacial score (nSPS) is 14.2. The van der Waals surface area contributed by atoms with Crippen LogP contribution in [0.3, 0.4) is 0 Å². The molecule has 0 aromatic heterocycles. The van der Waals surface area contributed by atoms with Gasteiger partial charge in [-0.2, -0.15) is 0 Å². The predicted molar refractivity (Wildman–Crippen MR) is 96.7 cm³/mol. The van der Waals surface area contributed by atoms with E-state index >= 15 is 0 Å². The Morgan fingerprint density at radius 3 is 2.44 bits per heavy atom. The van der Waals surface area contributed by atoms with E-state index < -0.39 is 0 Å². The number of carbonyl (C=O) groups excluding carboxylic acids is 2. The molecule has 0 atom stereocenters. The van der Waals surface area contributed by atoms with Crippen molar-refractivity contribution in [3.63, 3.8) is 0 Å². The Morgan fingerprint density at radius 2 is 1.76 bits per heavy atom. The summed E-state index contributed by atoms with van der Waals surface area (Å²) in [6.07, 6.45) is 0. The number of nitrogen functional groups attached to an aromatic ring is 1. The number of hydrogen-bond donors (Lipinski definition) is 2. The van der Waals surface area contributed by atoms with Crippen LogP contribution in [0.5, 0.6) is 0 Å². The first-order valence-electron chi connectivity index (χ1n) is 8.19. The Balaban J connectivity index is 1.69. The van der Waals surface area contributed by atoms with Gasteiger partial charge in [0, 0.05) is 35.6 Å². The minimum Gasteiger partial charge on any atom is -0.399 e. The van der Waals surface area contributed by atoms with E-state index in [1.54, 1.807) is 41.3 Å². The summed E-state index contributed by atoms with van der Waals surface area (Å²) in [5.74, 6) is -0.245. The number of anilines is 2. The molecule has 1 saturated heterocycles. The summed E-state index contributed by atoms with van der Waals surface area (Å²) in [6.45, 7) is 4.20. The summed E-state index contributed by atoms with van der Waals surface area (Å²) in [6, 6.07) is 12.1. The summed E-state index contributed by atoms with van der Waals surface area (Å²) >= 11 is 0. The Hall–Kier alpha value is -2.86. The average molecular weight is 339 g/mol. The van der Waals surface area contributed by atoms with Crippen LogP contribution in [-0.2, 0) is 4.74 Å². The van der Waals surface area contributed by atoms with E-state index in [0.717, 1.165) is 5.56 Å². The lowest BCUT2D eigenvalue weighted by atomic mass is 10.1. The predicted octanol–water partition coefficient (Wildman–Crippen LogP) is 2.30. The third kappa shape index (κ3) is 3.97. The molecule has 2 aromatic carbocycles. The molecule has 0 saturated carbocycles. The first-order chi connectivity index (χ1) is 12.0. The minimum atomic E-state index is -0.225. The van der Waals surface area contributed by atoms with Crippen LogP contribution in [-0.4, -0.2) is 43.0 Å². The zero-order valence-electron chi connectivity index (χ0n) is 14.1. The second-order valence-corrected chi connectivity index (χ2v) is 6.01. The van der Waals surface area contributed by atoms with E-state index in [9.17, 15) is 9.59 Å². The van der Waals surface area contributed by atoms with Crippen molar-refractivity contribution in [2.45, 2.75) is 6.92 Å². The second kappa shape index (κ2) is 7.36. The molecule has 1 fully saturated rings. The number of rotatable bonds is 3. The third-order valence-electron chi connectivity index (χ3n) is 4.19. The van der Waals surface area contributed by atoms with Crippen LogP contribution < -0.4 is 11.1 Å². The molecule has 3 N–H and O–H groups in total. The molecule has 25 heavy (non-hydrogen) atoms. The molecule has 6 nitrogen and oxygen atoms in total. The van der Waals surface area contributed by atoms with Gasteiger partial charge in [-0.15, -0.1) is 0 Å². The molecule has 3 rings (SSSR count). The number of hydrogen-bond acceptors (Lipinski definition) is 4. The zero-order chi connectivity index (χ0) is 17.8. The maximum atomic E-state index is 12.4. The van der Waals surface area contributed by atoms with Crippen molar-refractivity contribution in [2.24, 2.45) is 0 Å². The van der Waals surface area contributed by atoms with Crippen molar-refractivity contribution >= 4 is 23.2 Å². The van der Waals surface area contributed by atoms with E-state index in [-0.39, 0.29) is 11.8 Å². The summed E-state index contributed by atoms with van der Waals surface area (Å²) in [5.41, 5.74) is 8.91. The van der Waals surface area contributed by atoms with Crippen LogP contribution in [0.25, 0.3) is 0 Å². The number of carbonyl (C=O) groups is 2. The summed E-state index contributed by atoms with van der Waals surface area (Å²) in [5, 5.41) is 2.83. The topological polar surface area (TPSA) is 84.7 Å². The summed E-state index contributed by atoms with van der Waals surface area (Å²) < 4.78 is 5.26. The highest BCUT2D eigenvalue weighted by molar-refractivity contribution is 6.06. The van der Waals surface area contributed by atoms with Gasteiger partial charge in [-0.25, -0.2) is 0 Å². The van der Waals surface area contributed by atoms with Gasteiger partial charge >= 0.3 is 0 Å². The Morgan fingerprint density at radius 1 is 1.08 bits per heavy atom. The maximum absolute atomic E-state index is 12.4. The van der Waals surface area contributed by atoms with Gasteiger partial charge in [0.05, 0.1) is 13.2 Å². The average Bonchev–Trinajstić information content (AvgIpc) is 2.64. The Kier molecular flexibility index (Phi) is 5.00. The molecule has 0 unspecified atom stereocenters. The number of aryl methyl sites for hydroxylation is 1. The van der Waals surface area contributed by atoms with Gasteiger partial charge < -0.3 is 20.7 Å². The van der Waals surface area contributed by atoms with Crippen LogP contribution in [0.15, 0.2) is 42.5 Å². The van der Waals surface area contributed by atoms with Gasteiger partial charge in [-0.3, -0.25) is 9.59 Å². The lowest BCUT2D eigenvalue weighted by molar-refractivity contribution is 0.0303. The monoisotopic (exact) mass is 339 g/mol.